The van der Waals surface area contributed by atoms with Crippen molar-refractivity contribution in [1.29, 1.82) is 0 Å². The molecule has 0 saturated carbocycles. The van der Waals surface area contributed by atoms with E-state index in [1.165, 1.54) is 13.8 Å². The minimum atomic E-state index is -1.91. The number of fused-ring (bicyclic) bond motifs is 4. The molecule has 0 spiro atoms. The Labute approximate surface area is 412 Å². The largest absolute Gasteiger partial charge is 0.457 e. The lowest BCUT2D eigenvalue weighted by atomic mass is 9.95. The van der Waals surface area contributed by atoms with Crippen LogP contribution in [0.2, 0.25) is 0 Å². The Morgan fingerprint density at radius 3 is 1.89 bits per heavy atom. The molecule has 5 aliphatic heterocycles. The number of esters is 3. The highest BCUT2D eigenvalue weighted by atomic mass is 16.8. The van der Waals surface area contributed by atoms with E-state index in [-0.39, 0.29) is 18.9 Å². The highest BCUT2D eigenvalue weighted by Crippen LogP contribution is 2.38. The lowest BCUT2D eigenvalue weighted by Gasteiger charge is -2.50. The third-order valence-electron chi connectivity index (χ3n) is 14.1. The summed E-state index contributed by atoms with van der Waals surface area (Å²) in [5.41, 5.74) is 0. The first kappa shape index (κ1) is 58.7. The molecule has 5 fully saturated rings. The maximum Gasteiger partial charge on any atom is 0.309 e. The van der Waals surface area contributed by atoms with Crippen molar-refractivity contribution in [3.05, 3.63) is 0 Å². The average Bonchev–Trinajstić information content (AvgIpc) is 3.32. The Balaban J connectivity index is 1.53. The highest BCUT2D eigenvalue weighted by molar-refractivity contribution is 5.72. The topological polar surface area (TPSA) is 294 Å². The molecular formula is C49H84O21. The molecule has 21 nitrogen and oxygen atoms in total. The van der Waals surface area contributed by atoms with Crippen molar-refractivity contribution < 1.29 is 102 Å². The molecule has 5 rings (SSSR count). The van der Waals surface area contributed by atoms with Crippen LogP contribution in [0.15, 0.2) is 0 Å². The molecule has 0 aromatic carbocycles. The van der Waals surface area contributed by atoms with Gasteiger partial charge in [0.2, 0.25) is 0 Å². The molecule has 2 bridgehead atoms. The number of ether oxygens (including phenoxy) is 11. The van der Waals surface area contributed by atoms with Gasteiger partial charge < -0.3 is 87.9 Å². The zero-order valence-electron chi connectivity index (χ0n) is 42.1. The smallest absolute Gasteiger partial charge is 0.309 e. The summed E-state index contributed by atoms with van der Waals surface area (Å²) < 4.78 is 68.1. The van der Waals surface area contributed by atoms with Gasteiger partial charge in [0.15, 0.2) is 43.5 Å². The minimum absolute atomic E-state index is 0.0326. The summed E-state index contributed by atoms with van der Waals surface area (Å²) in [6.45, 7) is 11.1. The summed E-state index contributed by atoms with van der Waals surface area (Å²) in [6.07, 6.45) is -20.2. The Morgan fingerprint density at radius 2 is 1.23 bits per heavy atom. The van der Waals surface area contributed by atoms with Crippen LogP contribution >= 0.6 is 0 Å². The Bertz CT molecular complexity index is 1570. The van der Waals surface area contributed by atoms with Crippen molar-refractivity contribution in [2.75, 3.05) is 6.61 Å². The van der Waals surface area contributed by atoms with Crippen molar-refractivity contribution in [3.8, 4) is 0 Å². The van der Waals surface area contributed by atoms with E-state index >= 15 is 0 Å². The van der Waals surface area contributed by atoms with Crippen LogP contribution in [-0.4, -0.2) is 189 Å². The van der Waals surface area contributed by atoms with Gasteiger partial charge in [-0.15, -0.1) is 0 Å². The number of hydrogen-bond donors (Lipinski definition) is 7. The number of carbonyl (C=O) groups excluding carboxylic acids is 3. The Kier molecular flexibility index (Phi) is 23.9. The molecule has 0 radical (unpaired) electrons. The molecule has 0 aromatic heterocycles. The number of aliphatic hydroxyl groups is 7. The quantitative estimate of drug-likeness (QED) is 0.0791. The molecule has 70 heavy (non-hydrogen) atoms. The number of aliphatic hydroxyl groups excluding tert-OH is 7. The summed E-state index contributed by atoms with van der Waals surface area (Å²) >= 11 is 0. The first-order valence-electron chi connectivity index (χ1n) is 26.0. The first-order chi connectivity index (χ1) is 33.4. The van der Waals surface area contributed by atoms with Gasteiger partial charge in [-0.3, -0.25) is 14.4 Å². The fourth-order valence-corrected chi connectivity index (χ4v) is 9.50. The van der Waals surface area contributed by atoms with Gasteiger partial charge in [0.05, 0.1) is 36.9 Å². The van der Waals surface area contributed by atoms with Crippen LogP contribution in [0, 0.1) is 5.92 Å². The van der Waals surface area contributed by atoms with Gasteiger partial charge in [0.1, 0.15) is 61.0 Å². The summed E-state index contributed by atoms with van der Waals surface area (Å²) in [7, 11) is 0. The fraction of sp³-hybridized carbons (Fsp3) is 0.939. The van der Waals surface area contributed by atoms with Crippen molar-refractivity contribution in [2.45, 2.75) is 280 Å². The molecule has 0 aliphatic carbocycles. The molecule has 22 atom stereocenters. The SMILES string of the molecule is CCCCC[C@H]1CCCCCCCCCC(=O)O[C@@H]2[C@@H](O[C@@H]3O[C@H](C)[C@@H](OC(=O)[C@H](C)CC)[C@H](O)[C@H]3O)[C@H](C)O[C@@H](O[C@H]3[C@H](O[C@H]4[C@H](O1)O[C@H](C)[C@@H](O)[C@@H]4O)O[C@H](CO)[C@@H](O)[C@@H]3O)[C@@H]2OC(=O)CCC. The predicted molar refractivity (Wildman–Crippen MR) is 244 cm³/mol. The van der Waals surface area contributed by atoms with Gasteiger partial charge >= 0.3 is 17.9 Å². The molecule has 0 aromatic rings. The standard InChI is InChI=1S/C49H84O21/c1-8-11-17-21-29-22-18-15-13-12-14-16-19-23-32(52)65-43-40(68-46-38(58)37(57)39(27(6)61-46)67-45(59)25(4)10-3)28(7)62-49(44(43)66-31(51)20-9-2)70-42-36(56)34(54)30(24-50)64-48(42)69-41-35(55)33(53)26(5)60-47(41)63-29/h25-30,33-44,46-50,53-58H,8-24H2,1-7H3/t25-,26-,27-,28+,29+,30-,33-,34-,35+,36+,37-,38-,39-,40+,41-,42-,43-,44-,46+,47+,48+,49+/m1/s1. The third kappa shape index (κ3) is 15.4. The minimum Gasteiger partial charge on any atom is -0.457 e. The molecule has 5 aliphatic rings. The summed E-state index contributed by atoms with van der Waals surface area (Å²) in [5.74, 6) is -2.54. The molecule has 7 N–H and O–H groups in total. The van der Waals surface area contributed by atoms with E-state index in [9.17, 15) is 50.1 Å². The molecule has 406 valence electrons. The molecule has 0 amide bonds. The van der Waals surface area contributed by atoms with Crippen LogP contribution in [0.5, 0.6) is 0 Å². The van der Waals surface area contributed by atoms with Gasteiger partial charge in [-0.05, 0) is 52.9 Å². The normalized spacial score (nSPS) is 42.4. The van der Waals surface area contributed by atoms with E-state index in [1.54, 1.807) is 27.7 Å². The Morgan fingerprint density at radius 1 is 0.614 bits per heavy atom. The van der Waals surface area contributed by atoms with Crippen molar-refractivity contribution in [3.63, 3.8) is 0 Å². The zero-order valence-corrected chi connectivity index (χ0v) is 42.1. The van der Waals surface area contributed by atoms with Crippen LogP contribution < -0.4 is 0 Å². The summed E-state index contributed by atoms with van der Waals surface area (Å²) in [4.78, 5) is 40.1. The number of carbonyl (C=O) groups is 3. The van der Waals surface area contributed by atoms with E-state index in [0.717, 1.165) is 51.4 Å². The number of unbranched alkanes of at least 4 members (excludes halogenated alkanes) is 2. The highest BCUT2D eigenvalue weighted by Gasteiger charge is 2.57. The molecular weight excluding hydrogens is 925 g/mol. The van der Waals surface area contributed by atoms with Gasteiger partial charge in [0.25, 0.3) is 0 Å². The summed E-state index contributed by atoms with van der Waals surface area (Å²) in [6, 6.07) is 0. The van der Waals surface area contributed by atoms with Crippen molar-refractivity contribution in [1.82, 2.24) is 0 Å². The lowest BCUT2D eigenvalue weighted by molar-refractivity contribution is -0.399. The maximum absolute atomic E-state index is 13.9. The first-order valence-corrected chi connectivity index (χ1v) is 26.0. The second-order valence-corrected chi connectivity index (χ2v) is 19.7. The fourth-order valence-electron chi connectivity index (χ4n) is 9.50. The van der Waals surface area contributed by atoms with Gasteiger partial charge in [-0.25, -0.2) is 0 Å². The second kappa shape index (κ2) is 28.5. The van der Waals surface area contributed by atoms with Crippen LogP contribution in [0.4, 0.5) is 0 Å². The zero-order chi connectivity index (χ0) is 51.2. The maximum atomic E-state index is 13.9. The van der Waals surface area contributed by atoms with Crippen LogP contribution in [0.25, 0.3) is 0 Å². The van der Waals surface area contributed by atoms with Crippen LogP contribution in [0.1, 0.15) is 151 Å². The Hall–Kier alpha value is -2.19. The molecule has 5 heterocycles. The lowest BCUT2D eigenvalue weighted by Crippen LogP contribution is -2.68. The van der Waals surface area contributed by atoms with Crippen molar-refractivity contribution in [2.24, 2.45) is 5.92 Å². The monoisotopic (exact) mass is 1010 g/mol. The van der Waals surface area contributed by atoms with Gasteiger partial charge in [0, 0.05) is 12.8 Å². The van der Waals surface area contributed by atoms with Crippen molar-refractivity contribution >= 4 is 17.9 Å². The van der Waals surface area contributed by atoms with E-state index in [0.29, 0.717) is 38.5 Å². The molecule has 0 unspecified atom stereocenters. The van der Waals surface area contributed by atoms with Gasteiger partial charge in [-0.2, -0.15) is 0 Å². The van der Waals surface area contributed by atoms with Gasteiger partial charge in [-0.1, -0.05) is 85.5 Å². The predicted octanol–water partition coefficient (Wildman–Crippen LogP) is 2.33. The second-order valence-electron chi connectivity index (χ2n) is 19.7. The summed E-state index contributed by atoms with van der Waals surface area (Å²) in [5, 5.41) is 78.7. The number of hydrogen-bond acceptors (Lipinski definition) is 21. The van der Waals surface area contributed by atoms with E-state index in [1.807, 2.05) is 0 Å². The van der Waals surface area contributed by atoms with Crippen LogP contribution in [0.3, 0.4) is 0 Å². The number of rotatable bonds is 13. The molecule has 5 saturated heterocycles. The molecule has 21 heteroatoms. The van der Waals surface area contributed by atoms with E-state index in [2.05, 4.69) is 6.92 Å². The van der Waals surface area contributed by atoms with E-state index in [4.69, 9.17) is 52.1 Å². The van der Waals surface area contributed by atoms with Crippen LogP contribution in [-0.2, 0) is 66.5 Å². The third-order valence-corrected chi connectivity index (χ3v) is 14.1. The average molecular weight is 1010 g/mol. The van der Waals surface area contributed by atoms with E-state index < -0.39 is 153 Å².